The van der Waals surface area contributed by atoms with Crippen LogP contribution in [-0.4, -0.2) is 46.0 Å². The zero-order chi connectivity index (χ0) is 19.6. The van der Waals surface area contributed by atoms with Crippen LogP contribution >= 0.6 is 35.3 Å². The quantitative estimate of drug-likeness (QED) is 0.394. The summed E-state index contributed by atoms with van der Waals surface area (Å²) >= 11 is 7.83. The minimum Gasteiger partial charge on any atom is -0.324 e. The average Bonchev–Trinajstić information content (AvgIpc) is 3.33. The van der Waals surface area contributed by atoms with Crippen LogP contribution in [0.1, 0.15) is 5.56 Å². The Balaban J connectivity index is 0.00000218. The molecule has 9 heteroatoms. The molecule has 0 amide bonds. The Morgan fingerprint density at radius 3 is 2.80 bits per heavy atom. The molecule has 5 rings (SSSR count). The summed E-state index contributed by atoms with van der Waals surface area (Å²) in [6, 6.07) is 12.3. The van der Waals surface area contributed by atoms with Gasteiger partial charge in [0, 0.05) is 44.5 Å². The van der Waals surface area contributed by atoms with Gasteiger partial charge in [-0.2, -0.15) is 0 Å². The number of aromatic amines is 1. The second-order valence-corrected chi connectivity index (χ2v) is 8.64. The van der Waals surface area contributed by atoms with Crippen LogP contribution in [0.4, 0.5) is 11.8 Å². The molecule has 4 heterocycles. The summed E-state index contributed by atoms with van der Waals surface area (Å²) in [6.45, 7) is 5.18. The number of hydrogen-bond acceptors (Lipinski definition) is 6. The zero-order valence-corrected chi connectivity index (χ0v) is 18.6. The van der Waals surface area contributed by atoms with Crippen LogP contribution < -0.4 is 10.6 Å². The van der Waals surface area contributed by atoms with Gasteiger partial charge in [0.2, 0.25) is 5.95 Å². The SMILES string of the molecule is Cl.Clc1sccc1-c1ccc2nc(Nc3cc(CN4CCNCC4)ccn3)[nH]c2c1. The molecule has 0 saturated carbocycles. The Labute approximate surface area is 190 Å². The molecule has 156 valence electrons. The minimum absolute atomic E-state index is 0. The van der Waals surface area contributed by atoms with Crippen molar-refractivity contribution in [1.29, 1.82) is 0 Å². The third-order valence-corrected chi connectivity index (χ3v) is 6.27. The van der Waals surface area contributed by atoms with Gasteiger partial charge >= 0.3 is 0 Å². The van der Waals surface area contributed by atoms with Gasteiger partial charge in [-0.15, -0.1) is 23.7 Å². The van der Waals surface area contributed by atoms with Crippen LogP contribution in [0.25, 0.3) is 22.2 Å². The van der Waals surface area contributed by atoms with Crippen LogP contribution in [0.2, 0.25) is 4.34 Å². The maximum absolute atomic E-state index is 6.29. The maximum atomic E-state index is 6.29. The van der Waals surface area contributed by atoms with E-state index in [1.807, 2.05) is 29.8 Å². The van der Waals surface area contributed by atoms with Crippen LogP contribution in [-0.2, 0) is 6.54 Å². The highest BCUT2D eigenvalue weighted by Gasteiger charge is 2.11. The van der Waals surface area contributed by atoms with Crippen LogP contribution in [0, 0.1) is 0 Å². The van der Waals surface area contributed by atoms with Crippen LogP contribution in [0.3, 0.4) is 0 Å². The molecule has 0 aliphatic carbocycles. The van der Waals surface area contributed by atoms with Gasteiger partial charge in [0.1, 0.15) is 10.2 Å². The molecule has 0 bridgehead atoms. The number of rotatable bonds is 5. The number of hydrogen-bond donors (Lipinski definition) is 3. The van der Waals surface area contributed by atoms with Gasteiger partial charge < -0.3 is 15.6 Å². The van der Waals surface area contributed by atoms with E-state index in [1.165, 1.54) is 16.9 Å². The van der Waals surface area contributed by atoms with E-state index >= 15 is 0 Å². The van der Waals surface area contributed by atoms with Crippen molar-refractivity contribution in [2.75, 3.05) is 31.5 Å². The highest BCUT2D eigenvalue weighted by Crippen LogP contribution is 2.34. The van der Waals surface area contributed by atoms with Crippen LogP contribution in [0.15, 0.2) is 48.0 Å². The first-order chi connectivity index (χ1) is 14.2. The van der Waals surface area contributed by atoms with Gasteiger partial charge in [0.05, 0.1) is 11.0 Å². The number of nitrogens with zero attached hydrogens (tertiary/aromatic N) is 3. The van der Waals surface area contributed by atoms with Gasteiger partial charge in [-0.25, -0.2) is 9.97 Å². The third kappa shape index (κ3) is 4.61. The van der Waals surface area contributed by atoms with Crippen molar-refractivity contribution in [3.63, 3.8) is 0 Å². The van der Waals surface area contributed by atoms with E-state index in [1.54, 1.807) is 0 Å². The van der Waals surface area contributed by atoms with Crippen molar-refractivity contribution < 1.29 is 0 Å². The fraction of sp³-hybridized carbons (Fsp3) is 0.238. The largest absolute Gasteiger partial charge is 0.324 e. The van der Waals surface area contributed by atoms with Crippen molar-refractivity contribution in [2.45, 2.75) is 6.54 Å². The molecule has 1 saturated heterocycles. The lowest BCUT2D eigenvalue weighted by molar-refractivity contribution is 0.233. The Bertz CT molecular complexity index is 1140. The van der Waals surface area contributed by atoms with E-state index < -0.39 is 0 Å². The number of benzene rings is 1. The number of piperazine rings is 1. The average molecular weight is 461 g/mol. The molecule has 0 spiro atoms. The number of pyridine rings is 1. The predicted molar refractivity (Wildman–Crippen MR) is 127 cm³/mol. The molecule has 1 aromatic carbocycles. The summed E-state index contributed by atoms with van der Waals surface area (Å²) in [5, 5.41) is 8.69. The first-order valence-electron chi connectivity index (χ1n) is 9.63. The number of fused-ring (bicyclic) bond motifs is 1. The number of anilines is 2. The lowest BCUT2D eigenvalue weighted by Crippen LogP contribution is -2.42. The van der Waals surface area contributed by atoms with Gasteiger partial charge in [-0.05, 0) is 46.8 Å². The number of H-pyrrole nitrogens is 1. The molecular formula is C21H22Cl2N6S. The molecule has 1 aliphatic rings. The summed E-state index contributed by atoms with van der Waals surface area (Å²) in [5.41, 5.74) is 5.23. The highest BCUT2D eigenvalue weighted by atomic mass is 35.5. The second kappa shape index (κ2) is 9.32. The lowest BCUT2D eigenvalue weighted by Gasteiger charge is -2.27. The molecule has 1 aliphatic heterocycles. The van der Waals surface area contributed by atoms with E-state index in [0.717, 1.165) is 65.0 Å². The van der Waals surface area contributed by atoms with Gasteiger partial charge in [-0.1, -0.05) is 17.7 Å². The normalized spacial score (nSPS) is 14.6. The van der Waals surface area contributed by atoms with Crippen LogP contribution in [0.5, 0.6) is 0 Å². The van der Waals surface area contributed by atoms with E-state index in [9.17, 15) is 0 Å². The molecule has 3 N–H and O–H groups in total. The molecule has 3 aromatic heterocycles. The van der Waals surface area contributed by atoms with Crippen molar-refractivity contribution in [3.05, 3.63) is 57.9 Å². The highest BCUT2D eigenvalue weighted by molar-refractivity contribution is 7.15. The molecule has 0 atom stereocenters. The topological polar surface area (TPSA) is 68.9 Å². The summed E-state index contributed by atoms with van der Waals surface area (Å²) in [5.74, 6) is 1.47. The summed E-state index contributed by atoms with van der Waals surface area (Å²) in [7, 11) is 0. The molecule has 4 aromatic rings. The standard InChI is InChI=1S/C21H21ClN6S.ClH/c22-20-16(4-10-29-20)15-1-2-17-18(12-15)26-21(25-17)27-19-11-14(3-5-24-19)13-28-8-6-23-7-9-28;/h1-5,10-12,23H,6-9,13H2,(H2,24,25,26,27);1H. The molecular weight excluding hydrogens is 439 g/mol. The fourth-order valence-electron chi connectivity index (χ4n) is 3.63. The van der Waals surface area contributed by atoms with E-state index in [-0.39, 0.29) is 12.4 Å². The van der Waals surface area contributed by atoms with E-state index in [2.05, 4.69) is 48.7 Å². The maximum Gasteiger partial charge on any atom is 0.206 e. The number of imidazole rings is 1. The number of nitrogens with one attached hydrogen (secondary N) is 3. The van der Waals surface area contributed by atoms with Gasteiger partial charge in [-0.3, -0.25) is 4.90 Å². The summed E-state index contributed by atoms with van der Waals surface area (Å²) < 4.78 is 0.799. The monoisotopic (exact) mass is 460 g/mol. The first kappa shape index (κ1) is 21.1. The molecule has 0 radical (unpaired) electrons. The molecule has 30 heavy (non-hydrogen) atoms. The molecule has 1 fully saturated rings. The number of thiophene rings is 1. The van der Waals surface area contributed by atoms with Crippen molar-refractivity contribution >= 4 is 58.1 Å². The Morgan fingerprint density at radius 2 is 2.00 bits per heavy atom. The molecule has 0 unspecified atom stereocenters. The van der Waals surface area contributed by atoms with Gasteiger partial charge in [0.15, 0.2) is 0 Å². The fourth-order valence-corrected chi connectivity index (χ4v) is 4.59. The van der Waals surface area contributed by atoms with Crippen molar-refractivity contribution in [3.8, 4) is 11.1 Å². The van der Waals surface area contributed by atoms with E-state index in [0.29, 0.717) is 5.95 Å². The van der Waals surface area contributed by atoms with Crippen molar-refractivity contribution in [1.82, 2.24) is 25.2 Å². The Kier molecular flexibility index (Phi) is 6.55. The Morgan fingerprint density at radius 1 is 1.13 bits per heavy atom. The Hall–Kier alpha value is -2.16. The van der Waals surface area contributed by atoms with Gasteiger partial charge in [0.25, 0.3) is 0 Å². The zero-order valence-electron chi connectivity index (χ0n) is 16.2. The first-order valence-corrected chi connectivity index (χ1v) is 10.9. The summed E-state index contributed by atoms with van der Waals surface area (Å²) in [6.07, 6.45) is 1.85. The second-order valence-electron chi connectivity index (χ2n) is 7.13. The third-order valence-electron chi connectivity index (χ3n) is 5.10. The van der Waals surface area contributed by atoms with E-state index in [4.69, 9.17) is 11.6 Å². The number of halogens is 2. The molecule has 6 nitrogen and oxygen atoms in total. The lowest BCUT2D eigenvalue weighted by atomic mass is 10.1. The minimum atomic E-state index is 0. The smallest absolute Gasteiger partial charge is 0.206 e. The summed E-state index contributed by atoms with van der Waals surface area (Å²) in [4.78, 5) is 14.9. The predicted octanol–water partition coefficient (Wildman–Crippen LogP) is 4.91. The number of aromatic nitrogens is 3. The van der Waals surface area contributed by atoms with Crippen molar-refractivity contribution in [2.24, 2.45) is 0 Å².